The summed E-state index contributed by atoms with van der Waals surface area (Å²) in [5.74, 6) is 0.581. The van der Waals surface area contributed by atoms with E-state index in [1.165, 1.54) is 35.7 Å². The van der Waals surface area contributed by atoms with Crippen molar-refractivity contribution in [3.63, 3.8) is 0 Å². The Balaban J connectivity index is 1.56. The van der Waals surface area contributed by atoms with E-state index < -0.39 is 11.9 Å². The summed E-state index contributed by atoms with van der Waals surface area (Å²) in [6, 6.07) is 22.8. The maximum Gasteiger partial charge on any atom is 0.433 e. The summed E-state index contributed by atoms with van der Waals surface area (Å²) in [4.78, 5) is 3.58. The molecule has 1 atom stereocenters. The number of pyridine rings is 1. The molecule has 4 aromatic rings. The van der Waals surface area contributed by atoms with Crippen molar-refractivity contribution in [3.8, 4) is 16.9 Å². The molecule has 164 valence electrons. The molecule has 0 fully saturated rings. The third-order valence-corrected chi connectivity index (χ3v) is 5.53. The molecule has 0 aliphatic rings. The fraction of sp³-hybridized carbons (Fsp3) is 0.192. The van der Waals surface area contributed by atoms with Crippen LogP contribution in [0, 0.1) is 0 Å². The molecule has 32 heavy (non-hydrogen) atoms. The number of rotatable bonds is 6. The zero-order valence-corrected chi connectivity index (χ0v) is 17.8. The summed E-state index contributed by atoms with van der Waals surface area (Å²) in [6.45, 7) is 2.71. The van der Waals surface area contributed by atoms with E-state index in [-0.39, 0.29) is 6.04 Å². The highest BCUT2D eigenvalue weighted by molar-refractivity contribution is 5.86. The van der Waals surface area contributed by atoms with Crippen molar-refractivity contribution < 1.29 is 17.9 Å². The zero-order chi connectivity index (χ0) is 22.7. The average molecular weight is 436 g/mol. The van der Waals surface area contributed by atoms with Gasteiger partial charge in [0, 0.05) is 29.9 Å². The summed E-state index contributed by atoms with van der Waals surface area (Å²) < 4.78 is 44.0. The number of halogens is 3. The number of methoxy groups -OCH3 is 1. The van der Waals surface area contributed by atoms with Crippen LogP contribution >= 0.6 is 0 Å². The number of nitrogens with one attached hydrogen (secondary N) is 1. The minimum atomic E-state index is -4.47. The van der Waals surface area contributed by atoms with Crippen molar-refractivity contribution in [2.75, 3.05) is 7.11 Å². The highest BCUT2D eigenvalue weighted by atomic mass is 19.4. The number of aromatic nitrogens is 1. The van der Waals surface area contributed by atoms with Crippen LogP contribution in [0.4, 0.5) is 13.2 Å². The van der Waals surface area contributed by atoms with Crippen molar-refractivity contribution in [2.45, 2.75) is 25.7 Å². The Bertz CT molecular complexity index is 1210. The molecule has 0 radical (unpaired) electrons. The molecule has 0 aliphatic carbocycles. The topological polar surface area (TPSA) is 34.1 Å². The smallest absolute Gasteiger partial charge is 0.433 e. The standard InChI is InChI=1S/C26H23F3N2O/c1-17(21-9-5-7-19-6-3-4-8-22(19)21)30-15-18-10-12-24(32-2)23(14-18)20-11-13-25(31-16-20)26(27,28)29/h3-14,16-17,30H,15H2,1-2H3. The number of ether oxygens (including phenoxy) is 1. The number of fused-ring (bicyclic) bond motifs is 1. The zero-order valence-electron chi connectivity index (χ0n) is 17.8. The molecule has 4 rings (SSSR count). The molecule has 0 amide bonds. The van der Waals surface area contributed by atoms with Gasteiger partial charge in [-0.15, -0.1) is 0 Å². The Hall–Kier alpha value is -3.38. The number of alkyl halides is 3. The van der Waals surface area contributed by atoms with E-state index >= 15 is 0 Å². The van der Waals surface area contributed by atoms with Gasteiger partial charge in [0.25, 0.3) is 0 Å². The van der Waals surface area contributed by atoms with E-state index in [1.807, 2.05) is 30.3 Å². The number of hydrogen-bond acceptors (Lipinski definition) is 3. The number of hydrogen-bond donors (Lipinski definition) is 1. The molecule has 0 aliphatic heterocycles. The van der Waals surface area contributed by atoms with E-state index in [2.05, 4.69) is 47.6 Å². The van der Waals surface area contributed by atoms with E-state index in [0.29, 0.717) is 23.4 Å². The van der Waals surface area contributed by atoms with Gasteiger partial charge < -0.3 is 10.1 Å². The highest BCUT2D eigenvalue weighted by Crippen LogP contribution is 2.33. The van der Waals surface area contributed by atoms with Crippen molar-refractivity contribution >= 4 is 10.8 Å². The van der Waals surface area contributed by atoms with Gasteiger partial charge in [0.05, 0.1) is 7.11 Å². The second-order valence-corrected chi connectivity index (χ2v) is 7.64. The lowest BCUT2D eigenvalue weighted by atomic mass is 9.99. The monoisotopic (exact) mass is 436 g/mol. The molecule has 3 nitrogen and oxygen atoms in total. The quantitative estimate of drug-likeness (QED) is 0.362. The third-order valence-electron chi connectivity index (χ3n) is 5.53. The summed E-state index contributed by atoms with van der Waals surface area (Å²) in [6.07, 6.45) is -3.23. The van der Waals surface area contributed by atoms with E-state index in [0.717, 1.165) is 11.6 Å². The molecule has 6 heteroatoms. The summed E-state index contributed by atoms with van der Waals surface area (Å²) in [5, 5.41) is 5.95. The van der Waals surface area contributed by atoms with Gasteiger partial charge in [-0.3, -0.25) is 4.98 Å². The fourth-order valence-corrected chi connectivity index (χ4v) is 3.82. The second-order valence-electron chi connectivity index (χ2n) is 7.64. The predicted octanol–water partition coefficient (Wildman–Crippen LogP) is 6.78. The van der Waals surface area contributed by atoms with Crippen molar-refractivity contribution in [1.82, 2.24) is 10.3 Å². The maximum atomic E-state index is 12.8. The summed E-state index contributed by atoms with van der Waals surface area (Å²) >= 11 is 0. The molecular weight excluding hydrogens is 413 g/mol. The van der Waals surface area contributed by atoms with Crippen molar-refractivity contribution in [2.24, 2.45) is 0 Å². The summed E-state index contributed by atoms with van der Waals surface area (Å²) in [5.41, 5.74) is 2.56. The third kappa shape index (κ3) is 4.60. The highest BCUT2D eigenvalue weighted by Gasteiger charge is 2.32. The van der Waals surface area contributed by atoms with E-state index in [1.54, 1.807) is 0 Å². The van der Waals surface area contributed by atoms with Gasteiger partial charge >= 0.3 is 6.18 Å². The van der Waals surface area contributed by atoms with E-state index in [4.69, 9.17) is 4.74 Å². The SMILES string of the molecule is COc1ccc(CNC(C)c2cccc3ccccc23)cc1-c1ccc(C(F)(F)F)nc1. The molecule has 1 N–H and O–H groups in total. The van der Waals surface area contributed by atoms with Gasteiger partial charge in [0.1, 0.15) is 11.4 Å². The first-order chi connectivity index (χ1) is 15.4. The Morgan fingerprint density at radius 2 is 1.75 bits per heavy atom. The first kappa shape index (κ1) is 21.8. The molecule has 0 saturated carbocycles. The minimum absolute atomic E-state index is 0.111. The minimum Gasteiger partial charge on any atom is -0.496 e. The van der Waals surface area contributed by atoms with Crippen molar-refractivity contribution in [3.05, 3.63) is 95.8 Å². The normalized spacial score (nSPS) is 12.7. The Morgan fingerprint density at radius 1 is 0.969 bits per heavy atom. The van der Waals surface area contributed by atoms with Gasteiger partial charge in [-0.1, -0.05) is 54.6 Å². The number of benzene rings is 3. The van der Waals surface area contributed by atoms with Crippen LogP contribution in [0.5, 0.6) is 5.75 Å². The van der Waals surface area contributed by atoms with Gasteiger partial charge in [-0.2, -0.15) is 13.2 Å². The van der Waals surface area contributed by atoms with Crippen LogP contribution in [0.2, 0.25) is 0 Å². The second kappa shape index (κ2) is 9.01. The van der Waals surface area contributed by atoms with Crippen molar-refractivity contribution in [1.29, 1.82) is 0 Å². The maximum absolute atomic E-state index is 12.8. The largest absolute Gasteiger partial charge is 0.496 e. The predicted molar refractivity (Wildman–Crippen MR) is 120 cm³/mol. The lowest BCUT2D eigenvalue weighted by Gasteiger charge is -2.18. The molecule has 0 bridgehead atoms. The molecule has 1 aromatic heterocycles. The van der Waals surface area contributed by atoms with Crippen LogP contribution in [0.15, 0.2) is 79.0 Å². The molecule has 0 saturated heterocycles. The van der Waals surface area contributed by atoms with Crippen LogP contribution < -0.4 is 10.1 Å². The lowest BCUT2D eigenvalue weighted by Crippen LogP contribution is -2.18. The molecule has 0 spiro atoms. The van der Waals surface area contributed by atoms with Gasteiger partial charge in [-0.05, 0) is 47.0 Å². The first-order valence-corrected chi connectivity index (χ1v) is 10.3. The Kier molecular flexibility index (Phi) is 6.15. The Morgan fingerprint density at radius 3 is 2.47 bits per heavy atom. The lowest BCUT2D eigenvalue weighted by molar-refractivity contribution is -0.141. The molecule has 1 unspecified atom stereocenters. The molecule has 1 heterocycles. The first-order valence-electron chi connectivity index (χ1n) is 10.3. The van der Waals surface area contributed by atoms with Crippen LogP contribution in [0.25, 0.3) is 21.9 Å². The average Bonchev–Trinajstić information content (AvgIpc) is 2.81. The van der Waals surface area contributed by atoms with Crippen LogP contribution in [0.3, 0.4) is 0 Å². The number of nitrogens with zero attached hydrogens (tertiary/aromatic N) is 1. The fourth-order valence-electron chi connectivity index (χ4n) is 3.82. The molecule has 3 aromatic carbocycles. The van der Waals surface area contributed by atoms with Crippen LogP contribution in [-0.2, 0) is 12.7 Å². The molecular formula is C26H23F3N2O. The Labute approximate surface area is 184 Å². The van der Waals surface area contributed by atoms with E-state index in [9.17, 15) is 13.2 Å². The van der Waals surface area contributed by atoms with Gasteiger partial charge in [0.2, 0.25) is 0 Å². The summed E-state index contributed by atoms with van der Waals surface area (Å²) in [7, 11) is 1.54. The van der Waals surface area contributed by atoms with Gasteiger partial charge in [0.15, 0.2) is 0 Å². The van der Waals surface area contributed by atoms with Gasteiger partial charge in [-0.25, -0.2) is 0 Å². The van der Waals surface area contributed by atoms with Crippen LogP contribution in [0.1, 0.15) is 29.8 Å². The van der Waals surface area contributed by atoms with Crippen LogP contribution in [-0.4, -0.2) is 12.1 Å².